The third-order valence-electron chi connectivity index (χ3n) is 7.34. The molecule has 14 heteroatoms. The number of benzene rings is 2. The number of hydrogen-bond acceptors (Lipinski definition) is 9. The number of aliphatic hydroxyl groups excluding tert-OH is 1. The van der Waals surface area contributed by atoms with Crippen LogP contribution in [0.5, 0.6) is 5.75 Å². The molecule has 12 nitrogen and oxygen atoms in total. The number of fused-ring (bicyclic) bond motifs is 1. The Morgan fingerprint density at radius 2 is 1.97 bits per heavy atom. The first-order chi connectivity index (χ1) is 18.6. The second kappa shape index (κ2) is 11.1. The van der Waals surface area contributed by atoms with Crippen LogP contribution >= 0.6 is 0 Å². The molecule has 1 spiro atoms. The number of aromatic nitrogens is 2. The summed E-state index contributed by atoms with van der Waals surface area (Å²) in [7, 11) is -5.88. The minimum Gasteiger partial charge on any atom is -0.491 e. The van der Waals surface area contributed by atoms with Crippen LogP contribution in [-0.2, 0) is 24.8 Å². The van der Waals surface area contributed by atoms with Gasteiger partial charge in [-0.25, -0.2) is 26.5 Å². The van der Waals surface area contributed by atoms with Gasteiger partial charge >= 0.3 is 0 Å². The van der Waals surface area contributed by atoms with Crippen LogP contribution in [0.4, 0.5) is 0 Å². The molecule has 2 atom stereocenters. The van der Waals surface area contributed by atoms with Crippen molar-refractivity contribution in [3.05, 3.63) is 48.8 Å². The molecule has 2 aromatic carbocycles. The van der Waals surface area contributed by atoms with Crippen LogP contribution < -0.4 is 14.8 Å². The lowest BCUT2D eigenvalue weighted by Gasteiger charge is -2.38. The number of aromatic amines is 1. The summed E-state index contributed by atoms with van der Waals surface area (Å²) in [4.78, 5) is 7.45. The minimum absolute atomic E-state index is 0.00827. The molecule has 0 bridgehead atoms. The summed E-state index contributed by atoms with van der Waals surface area (Å²) in [6.07, 6.45) is 2.62. The number of nitrogens with zero attached hydrogens (tertiary/aromatic N) is 2. The number of sulfonamides is 2. The van der Waals surface area contributed by atoms with Crippen LogP contribution in [0, 0.1) is 0 Å². The molecular formula is C25H33N5O7S2. The molecule has 2 aliphatic rings. The Morgan fingerprint density at radius 1 is 1.18 bits per heavy atom. The van der Waals surface area contributed by atoms with E-state index < -0.39 is 31.8 Å². The second-order valence-corrected chi connectivity index (χ2v) is 13.8. The predicted molar refractivity (Wildman–Crippen MR) is 143 cm³/mol. The minimum atomic E-state index is -3.63. The van der Waals surface area contributed by atoms with Crippen LogP contribution in [0.1, 0.15) is 19.3 Å². The Morgan fingerprint density at radius 3 is 2.74 bits per heavy atom. The Kier molecular flexibility index (Phi) is 7.97. The highest BCUT2D eigenvalue weighted by molar-refractivity contribution is 7.89. The average molecular weight is 580 g/mol. The summed E-state index contributed by atoms with van der Waals surface area (Å²) in [6, 6.07) is 11.0. The number of piperidine rings is 1. The Balaban J connectivity index is 1.08. The van der Waals surface area contributed by atoms with Crippen molar-refractivity contribution < 1.29 is 31.4 Å². The van der Waals surface area contributed by atoms with Crippen LogP contribution in [0.2, 0.25) is 0 Å². The quantitative estimate of drug-likeness (QED) is 0.272. The lowest BCUT2D eigenvalue weighted by molar-refractivity contribution is -0.0312. The Labute approximate surface area is 227 Å². The first-order valence-electron chi connectivity index (χ1n) is 12.8. The molecular weight excluding hydrogens is 546 g/mol. The maximum absolute atomic E-state index is 13.2. The van der Waals surface area contributed by atoms with Gasteiger partial charge in [0.05, 0.1) is 39.4 Å². The number of hydrogen-bond donors (Lipinski definition) is 4. The largest absolute Gasteiger partial charge is 0.491 e. The first kappa shape index (κ1) is 28.0. The van der Waals surface area contributed by atoms with E-state index in [1.165, 1.54) is 23.5 Å². The van der Waals surface area contributed by atoms with E-state index in [9.17, 15) is 21.9 Å². The maximum Gasteiger partial charge on any atom is 0.243 e. The van der Waals surface area contributed by atoms with Gasteiger partial charge in [0.25, 0.3) is 0 Å². The average Bonchev–Trinajstić information content (AvgIpc) is 3.58. The van der Waals surface area contributed by atoms with Gasteiger partial charge < -0.3 is 24.9 Å². The fourth-order valence-electron chi connectivity index (χ4n) is 5.08. The van der Waals surface area contributed by atoms with Gasteiger partial charge in [-0.15, -0.1) is 0 Å². The van der Waals surface area contributed by atoms with Crippen molar-refractivity contribution in [2.24, 2.45) is 0 Å². The van der Waals surface area contributed by atoms with Gasteiger partial charge in [-0.05, 0) is 56.6 Å². The summed E-state index contributed by atoms with van der Waals surface area (Å²) in [5.41, 5.74) is 1.01. The smallest absolute Gasteiger partial charge is 0.243 e. The molecule has 1 unspecified atom stereocenters. The maximum atomic E-state index is 13.2. The number of H-pyrrole nitrogens is 1. The monoisotopic (exact) mass is 579 g/mol. The van der Waals surface area contributed by atoms with Crippen molar-refractivity contribution >= 4 is 31.1 Å². The van der Waals surface area contributed by atoms with Gasteiger partial charge in [0.2, 0.25) is 20.0 Å². The zero-order valence-corrected chi connectivity index (χ0v) is 23.2. The number of imidazole rings is 1. The lowest BCUT2D eigenvalue weighted by Crippen LogP contribution is -2.47. The molecule has 2 aliphatic heterocycles. The van der Waals surface area contributed by atoms with E-state index in [1.807, 2.05) is 0 Å². The Bertz CT molecular complexity index is 1520. The predicted octanol–water partition coefficient (Wildman–Crippen LogP) is 0.813. The molecule has 0 amide bonds. The van der Waals surface area contributed by atoms with E-state index >= 15 is 0 Å². The van der Waals surface area contributed by atoms with Gasteiger partial charge in [0, 0.05) is 31.7 Å². The molecule has 5 rings (SSSR count). The van der Waals surface area contributed by atoms with Gasteiger partial charge in [-0.2, -0.15) is 4.31 Å². The summed E-state index contributed by atoms with van der Waals surface area (Å²) in [6.45, 7) is 1.47. The van der Waals surface area contributed by atoms with Gasteiger partial charge in [0.15, 0.2) is 0 Å². The highest BCUT2D eigenvalue weighted by Crippen LogP contribution is 2.37. The normalized spacial score (nSPS) is 20.9. The lowest BCUT2D eigenvalue weighted by atomic mass is 9.88. The third kappa shape index (κ3) is 6.11. The molecule has 3 heterocycles. The van der Waals surface area contributed by atoms with E-state index in [2.05, 4.69) is 20.0 Å². The molecule has 39 heavy (non-hydrogen) atoms. The zero-order valence-electron chi connectivity index (χ0n) is 21.5. The molecule has 0 radical (unpaired) electrons. The molecule has 212 valence electrons. The van der Waals surface area contributed by atoms with E-state index in [1.54, 1.807) is 36.7 Å². The third-order valence-corrected chi connectivity index (χ3v) is 10.6. The number of rotatable bonds is 10. The number of nitrogens with one attached hydrogen (secondary N) is 3. The second-order valence-electron chi connectivity index (χ2n) is 9.94. The highest BCUT2D eigenvalue weighted by Gasteiger charge is 2.44. The molecule has 4 N–H and O–H groups in total. The van der Waals surface area contributed by atoms with Gasteiger partial charge in [-0.1, -0.05) is 6.07 Å². The zero-order chi connectivity index (χ0) is 27.7. The van der Waals surface area contributed by atoms with E-state index in [4.69, 9.17) is 9.47 Å². The molecule has 0 saturated carbocycles. The molecule has 2 fully saturated rings. The molecule has 0 aliphatic carbocycles. The van der Waals surface area contributed by atoms with Crippen LogP contribution in [0.3, 0.4) is 0 Å². The first-order valence-corrected chi connectivity index (χ1v) is 15.7. The summed E-state index contributed by atoms with van der Waals surface area (Å²) < 4.78 is 65.8. The van der Waals surface area contributed by atoms with E-state index in [-0.39, 0.29) is 29.0 Å². The van der Waals surface area contributed by atoms with Crippen molar-refractivity contribution in [2.75, 3.05) is 39.9 Å². The van der Waals surface area contributed by atoms with Crippen LogP contribution in [0.25, 0.3) is 11.0 Å². The fraction of sp³-hybridized carbons (Fsp3) is 0.480. The standard InChI is InChI=1S/C25H33N5O7S2/c1-26-38(32,33)21-4-2-3-20(11-21)36-16-19(31)14-27-18-13-25(37-15-18)7-9-30(10-8-25)39(34,35)22-5-6-23-24(12-22)29-17-28-23/h2-6,11-12,17-19,26-27,31H,7-10,13-16H2,1H3,(H,28,29)/t18?,19-/m0/s1. The topological polar surface area (TPSA) is 163 Å². The Hall–Kier alpha value is -2.59. The molecule has 2 saturated heterocycles. The van der Waals surface area contributed by atoms with E-state index in [0.29, 0.717) is 43.8 Å². The van der Waals surface area contributed by atoms with Crippen LogP contribution in [-0.4, -0.2) is 93.9 Å². The van der Waals surface area contributed by atoms with Crippen LogP contribution in [0.15, 0.2) is 58.6 Å². The van der Waals surface area contributed by atoms with Crippen molar-refractivity contribution in [2.45, 2.75) is 46.8 Å². The number of aliphatic hydroxyl groups is 1. The highest BCUT2D eigenvalue weighted by atomic mass is 32.2. The fourth-order valence-corrected chi connectivity index (χ4v) is 7.31. The molecule has 3 aromatic rings. The molecule has 1 aromatic heterocycles. The summed E-state index contributed by atoms with van der Waals surface area (Å²) in [5, 5.41) is 13.7. The van der Waals surface area contributed by atoms with E-state index in [0.717, 1.165) is 11.9 Å². The van der Waals surface area contributed by atoms with Gasteiger partial charge in [0.1, 0.15) is 18.5 Å². The van der Waals surface area contributed by atoms with Gasteiger partial charge in [-0.3, -0.25) is 0 Å². The van der Waals surface area contributed by atoms with Crippen molar-refractivity contribution in [1.29, 1.82) is 0 Å². The van der Waals surface area contributed by atoms with Crippen molar-refractivity contribution in [3.8, 4) is 5.75 Å². The number of ether oxygens (including phenoxy) is 2. The summed E-state index contributed by atoms with van der Waals surface area (Å²) in [5.74, 6) is 0.347. The summed E-state index contributed by atoms with van der Waals surface area (Å²) >= 11 is 0. The van der Waals surface area contributed by atoms with Crippen molar-refractivity contribution in [1.82, 2.24) is 24.3 Å². The SMILES string of the molecule is CNS(=O)(=O)c1cccc(OC[C@@H](O)CNC2COC3(CCN(S(=O)(=O)c4ccc5[nH]cnc5c4)CC3)C2)c1. The van der Waals surface area contributed by atoms with Crippen molar-refractivity contribution in [3.63, 3.8) is 0 Å².